The molecular formula is C16H32N2. The molecule has 1 saturated carbocycles. The van der Waals surface area contributed by atoms with Crippen molar-refractivity contribution in [2.45, 2.75) is 72.0 Å². The Morgan fingerprint density at radius 2 is 1.83 bits per heavy atom. The summed E-state index contributed by atoms with van der Waals surface area (Å²) < 4.78 is 0. The van der Waals surface area contributed by atoms with E-state index in [4.69, 9.17) is 0 Å². The summed E-state index contributed by atoms with van der Waals surface area (Å²) in [7, 11) is 0. The predicted molar refractivity (Wildman–Crippen MR) is 78.8 cm³/mol. The van der Waals surface area contributed by atoms with Gasteiger partial charge in [0.2, 0.25) is 0 Å². The average Bonchev–Trinajstić information content (AvgIpc) is 2.23. The van der Waals surface area contributed by atoms with Crippen LogP contribution < -0.4 is 5.32 Å². The minimum Gasteiger partial charge on any atom is -0.311 e. The monoisotopic (exact) mass is 252 g/mol. The minimum atomic E-state index is 0.718. The maximum atomic E-state index is 3.78. The van der Waals surface area contributed by atoms with Crippen LogP contribution in [0.1, 0.15) is 53.9 Å². The maximum absolute atomic E-state index is 3.78. The summed E-state index contributed by atoms with van der Waals surface area (Å²) in [6, 6.07) is 2.35. The first kappa shape index (κ1) is 14.3. The van der Waals surface area contributed by atoms with E-state index in [2.05, 4.69) is 44.8 Å². The smallest absolute Gasteiger partial charge is 0.0247 e. The van der Waals surface area contributed by atoms with Gasteiger partial charge in [-0.15, -0.1) is 0 Å². The van der Waals surface area contributed by atoms with Crippen LogP contribution in [-0.2, 0) is 0 Å². The summed E-state index contributed by atoms with van der Waals surface area (Å²) in [5, 5.41) is 3.78. The van der Waals surface area contributed by atoms with Gasteiger partial charge in [0, 0.05) is 31.2 Å². The van der Waals surface area contributed by atoms with Crippen molar-refractivity contribution in [2.24, 2.45) is 17.8 Å². The van der Waals surface area contributed by atoms with Crippen molar-refractivity contribution in [1.82, 2.24) is 10.2 Å². The molecule has 0 aromatic carbocycles. The van der Waals surface area contributed by atoms with Crippen LogP contribution in [-0.4, -0.2) is 36.1 Å². The molecule has 0 spiro atoms. The number of nitrogens with zero attached hydrogens (tertiary/aromatic N) is 1. The molecular weight excluding hydrogens is 220 g/mol. The summed E-state index contributed by atoms with van der Waals surface area (Å²) in [6.45, 7) is 14.3. The lowest BCUT2D eigenvalue weighted by molar-refractivity contribution is -0.00141. The van der Waals surface area contributed by atoms with Gasteiger partial charge in [-0.2, -0.15) is 0 Å². The molecule has 0 radical (unpaired) electrons. The zero-order chi connectivity index (χ0) is 13.3. The van der Waals surface area contributed by atoms with Crippen LogP contribution in [0.3, 0.4) is 0 Å². The Morgan fingerprint density at radius 3 is 2.33 bits per heavy atom. The van der Waals surface area contributed by atoms with Crippen LogP contribution in [0.4, 0.5) is 0 Å². The summed E-state index contributed by atoms with van der Waals surface area (Å²) in [6.07, 6.45) is 4.18. The first-order valence-corrected chi connectivity index (χ1v) is 7.96. The normalized spacial score (nSPS) is 38.2. The summed E-state index contributed by atoms with van der Waals surface area (Å²) in [5.74, 6) is 2.54. The number of piperazine rings is 1. The summed E-state index contributed by atoms with van der Waals surface area (Å²) in [5.41, 5.74) is 0. The Morgan fingerprint density at radius 1 is 1.17 bits per heavy atom. The molecule has 106 valence electrons. The molecule has 1 heterocycles. The molecule has 18 heavy (non-hydrogen) atoms. The van der Waals surface area contributed by atoms with Crippen LogP contribution in [0.5, 0.6) is 0 Å². The second-order valence-electron chi connectivity index (χ2n) is 7.47. The first-order chi connectivity index (χ1) is 8.47. The van der Waals surface area contributed by atoms with Crippen molar-refractivity contribution >= 4 is 0 Å². The van der Waals surface area contributed by atoms with E-state index in [1.165, 1.54) is 32.4 Å². The van der Waals surface area contributed by atoms with E-state index in [9.17, 15) is 0 Å². The molecule has 1 N–H and O–H groups in total. The van der Waals surface area contributed by atoms with Crippen LogP contribution in [0.15, 0.2) is 0 Å². The number of hydrogen-bond donors (Lipinski definition) is 1. The van der Waals surface area contributed by atoms with Crippen LogP contribution in [0, 0.1) is 17.8 Å². The van der Waals surface area contributed by atoms with Crippen molar-refractivity contribution < 1.29 is 0 Å². The molecule has 2 rings (SSSR count). The lowest BCUT2D eigenvalue weighted by Gasteiger charge is -2.51. The summed E-state index contributed by atoms with van der Waals surface area (Å²) >= 11 is 0. The van der Waals surface area contributed by atoms with E-state index in [1.54, 1.807) is 0 Å². The molecule has 2 nitrogen and oxygen atoms in total. The molecule has 1 aliphatic carbocycles. The highest BCUT2D eigenvalue weighted by atomic mass is 15.3. The first-order valence-electron chi connectivity index (χ1n) is 7.96. The molecule has 2 atom stereocenters. The van der Waals surface area contributed by atoms with E-state index in [0.717, 1.165) is 35.9 Å². The fourth-order valence-electron chi connectivity index (χ4n) is 3.76. The summed E-state index contributed by atoms with van der Waals surface area (Å²) in [4.78, 5) is 2.84. The Labute approximate surface area is 114 Å². The van der Waals surface area contributed by atoms with Gasteiger partial charge in [-0.05, 0) is 37.0 Å². The Hall–Kier alpha value is -0.0800. The van der Waals surface area contributed by atoms with Crippen LogP contribution >= 0.6 is 0 Å². The van der Waals surface area contributed by atoms with Gasteiger partial charge in [0.1, 0.15) is 0 Å². The topological polar surface area (TPSA) is 15.3 Å². The lowest BCUT2D eigenvalue weighted by atomic mass is 9.78. The fraction of sp³-hybridized carbons (Fsp3) is 1.00. The van der Waals surface area contributed by atoms with Crippen LogP contribution in [0.2, 0.25) is 0 Å². The van der Waals surface area contributed by atoms with Gasteiger partial charge in [0.15, 0.2) is 0 Å². The van der Waals surface area contributed by atoms with Gasteiger partial charge in [-0.1, -0.05) is 34.6 Å². The van der Waals surface area contributed by atoms with E-state index in [-0.39, 0.29) is 0 Å². The van der Waals surface area contributed by atoms with Gasteiger partial charge in [0.25, 0.3) is 0 Å². The third-order valence-corrected chi connectivity index (χ3v) is 4.82. The Kier molecular flexibility index (Phi) is 4.71. The standard InChI is InChI=1S/C16H32N2/c1-11(2)6-14-10-18(15-7-13(5)8-15)16(9-17-14)12(3)4/h11-17H,6-10H2,1-5H3. The van der Waals surface area contributed by atoms with E-state index < -0.39 is 0 Å². The molecule has 0 aromatic rings. The van der Waals surface area contributed by atoms with Crippen molar-refractivity contribution in [3.8, 4) is 0 Å². The highest BCUT2D eigenvalue weighted by Gasteiger charge is 2.39. The minimum absolute atomic E-state index is 0.718. The number of hydrogen-bond acceptors (Lipinski definition) is 2. The van der Waals surface area contributed by atoms with Crippen molar-refractivity contribution in [1.29, 1.82) is 0 Å². The molecule has 0 bridgehead atoms. The van der Waals surface area contributed by atoms with Gasteiger partial charge in [-0.25, -0.2) is 0 Å². The SMILES string of the molecule is CC(C)CC1CN(C2CC(C)C2)C(C(C)C)CN1. The zero-order valence-electron chi connectivity index (χ0n) is 12.9. The van der Waals surface area contributed by atoms with Gasteiger partial charge >= 0.3 is 0 Å². The van der Waals surface area contributed by atoms with Gasteiger partial charge in [-0.3, -0.25) is 4.90 Å². The molecule has 1 aliphatic heterocycles. The number of nitrogens with one attached hydrogen (secondary N) is 1. The molecule has 0 amide bonds. The van der Waals surface area contributed by atoms with Crippen molar-refractivity contribution in [2.75, 3.05) is 13.1 Å². The lowest BCUT2D eigenvalue weighted by Crippen LogP contribution is -2.63. The maximum Gasteiger partial charge on any atom is 0.0247 e. The van der Waals surface area contributed by atoms with Gasteiger partial charge in [0.05, 0.1) is 0 Å². The fourth-order valence-corrected chi connectivity index (χ4v) is 3.76. The largest absolute Gasteiger partial charge is 0.311 e. The van der Waals surface area contributed by atoms with E-state index >= 15 is 0 Å². The molecule has 2 unspecified atom stereocenters. The molecule has 1 saturated heterocycles. The second-order valence-corrected chi connectivity index (χ2v) is 7.47. The highest BCUT2D eigenvalue weighted by Crippen LogP contribution is 2.34. The second kappa shape index (κ2) is 5.92. The van der Waals surface area contributed by atoms with Crippen molar-refractivity contribution in [3.05, 3.63) is 0 Å². The average molecular weight is 252 g/mol. The van der Waals surface area contributed by atoms with E-state index in [0.29, 0.717) is 0 Å². The Balaban J connectivity index is 1.95. The van der Waals surface area contributed by atoms with Crippen LogP contribution in [0.25, 0.3) is 0 Å². The number of rotatable bonds is 4. The van der Waals surface area contributed by atoms with Crippen molar-refractivity contribution in [3.63, 3.8) is 0 Å². The molecule has 2 heteroatoms. The zero-order valence-corrected chi connectivity index (χ0v) is 12.9. The Bertz CT molecular complexity index is 256. The third kappa shape index (κ3) is 3.27. The molecule has 2 aliphatic rings. The van der Waals surface area contributed by atoms with E-state index in [1.807, 2.05) is 0 Å². The van der Waals surface area contributed by atoms with Gasteiger partial charge < -0.3 is 5.32 Å². The highest BCUT2D eigenvalue weighted by molar-refractivity contribution is 4.95. The molecule has 2 fully saturated rings. The predicted octanol–water partition coefficient (Wildman–Crippen LogP) is 3.13. The molecule has 0 aromatic heterocycles. The quantitative estimate of drug-likeness (QED) is 0.827. The third-order valence-electron chi connectivity index (χ3n) is 4.82.